The van der Waals surface area contributed by atoms with Gasteiger partial charge >= 0.3 is 12.1 Å². The molecule has 0 saturated carbocycles. The first kappa shape index (κ1) is 19.9. The second-order valence-electron chi connectivity index (χ2n) is 6.03. The van der Waals surface area contributed by atoms with Gasteiger partial charge in [-0.1, -0.05) is 29.3 Å². The molecular formula is C18H19Cl2N3O3. The minimum atomic E-state index is -0.662. The van der Waals surface area contributed by atoms with Crippen molar-refractivity contribution in [2.75, 3.05) is 17.7 Å². The van der Waals surface area contributed by atoms with Crippen molar-refractivity contribution >= 4 is 46.7 Å². The molecule has 2 aromatic rings. The van der Waals surface area contributed by atoms with E-state index in [2.05, 4.69) is 20.7 Å². The van der Waals surface area contributed by atoms with Crippen LogP contribution in [0.25, 0.3) is 0 Å². The van der Waals surface area contributed by atoms with E-state index < -0.39 is 11.6 Å². The molecule has 0 unspecified atom stereocenters. The number of amides is 3. The van der Waals surface area contributed by atoms with E-state index in [0.717, 1.165) is 5.56 Å². The van der Waals surface area contributed by atoms with Crippen molar-refractivity contribution in [3.05, 3.63) is 58.1 Å². The first-order chi connectivity index (χ1) is 12.2. The highest BCUT2D eigenvalue weighted by Crippen LogP contribution is 2.28. The third-order valence-corrected chi connectivity index (χ3v) is 4.38. The number of anilines is 2. The Labute approximate surface area is 161 Å². The van der Waals surface area contributed by atoms with E-state index in [-0.39, 0.29) is 6.03 Å². The Morgan fingerprint density at radius 3 is 2.04 bits per heavy atom. The van der Waals surface area contributed by atoms with Crippen LogP contribution in [0.4, 0.5) is 21.0 Å². The molecule has 0 heterocycles. The average Bonchev–Trinajstić information content (AvgIpc) is 2.58. The lowest BCUT2D eigenvalue weighted by Crippen LogP contribution is -2.43. The Hall–Kier alpha value is -2.44. The number of halogens is 2. The molecule has 0 atom stereocenters. The fourth-order valence-electron chi connectivity index (χ4n) is 2.21. The molecule has 138 valence electrons. The van der Waals surface area contributed by atoms with Crippen LogP contribution in [0.15, 0.2) is 42.5 Å². The van der Waals surface area contributed by atoms with Gasteiger partial charge in [-0.15, -0.1) is 0 Å². The number of carbonyl (C=O) groups is 2. The highest BCUT2D eigenvalue weighted by atomic mass is 35.5. The zero-order valence-corrected chi connectivity index (χ0v) is 16.0. The minimum Gasteiger partial charge on any atom is -0.453 e. The summed E-state index contributed by atoms with van der Waals surface area (Å²) in [5.74, 6) is 0. The summed E-state index contributed by atoms with van der Waals surface area (Å²) in [7, 11) is 1.28. The lowest BCUT2D eigenvalue weighted by atomic mass is 9.94. The molecule has 2 rings (SSSR count). The van der Waals surface area contributed by atoms with Crippen LogP contribution in [0.2, 0.25) is 10.0 Å². The zero-order valence-electron chi connectivity index (χ0n) is 14.5. The van der Waals surface area contributed by atoms with E-state index in [9.17, 15) is 9.59 Å². The summed E-state index contributed by atoms with van der Waals surface area (Å²) >= 11 is 12.0. The third-order valence-electron chi connectivity index (χ3n) is 3.64. The SMILES string of the molecule is COC(=O)Nc1ccc(NC(=O)NC(C)(C)c2ccc(Cl)c(Cl)c2)cc1. The molecule has 0 fully saturated rings. The summed E-state index contributed by atoms with van der Waals surface area (Å²) < 4.78 is 4.51. The van der Waals surface area contributed by atoms with E-state index in [1.807, 2.05) is 19.9 Å². The Bertz CT molecular complexity index is 808. The molecule has 3 N–H and O–H groups in total. The van der Waals surface area contributed by atoms with Gasteiger partial charge in [-0.2, -0.15) is 0 Å². The Morgan fingerprint density at radius 2 is 1.50 bits per heavy atom. The van der Waals surface area contributed by atoms with E-state index in [1.54, 1.807) is 36.4 Å². The predicted molar refractivity (Wildman–Crippen MR) is 104 cm³/mol. The molecule has 0 aliphatic heterocycles. The molecule has 0 saturated heterocycles. The quantitative estimate of drug-likeness (QED) is 0.662. The van der Waals surface area contributed by atoms with E-state index >= 15 is 0 Å². The molecule has 0 aromatic heterocycles. The van der Waals surface area contributed by atoms with Crippen LogP contribution in [-0.2, 0) is 10.3 Å². The van der Waals surface area contributed by atoms with Gasteiger partial charge in [0.05, 0.1) is 22.7 Å². The number of nitrogens with one attached hydrogen (secondary N) is 3. The van der Waals surface area contributed by atoms with Crippen LogP contribution in [0.1, 0.15) is 19.4 Å². The van der Waals surface area contributed by atoms with Crippen molar-refractivity contribution in [2.45, 2.75) is 19.4 Å². The number of carbonyl (C=O) groups excluding carboxylic acids is 2. The summed E-state index contributed by atoms with van der Waals surface area (Å²) in [5.41, 5.74) is 1.28. The number of ether oxygens (including phenoxy) is 1. The number of hydrogen-bond acceptors (Lipinski definition) is 3. The molecule has 6 nitrogen and oxygen atoms in total. The van der Waals surface area contributed by atoms with Crippen molar-refractivity contribution in [3.63, 3.8) is 0 Å². The molecule has 0 aliphatic rings. The second kappa shape index (κ2) is 8.29. The molecule has 0 spiro atoms. The van der Waals surface area contributed by atoms with Crippen LogP contribution < -0.4 is 16.0 Å². The minimum absolute atomic E-state index is 0.380. The van der Waals surface area contributed by atoms with Gasteiger partial charge in [-0.3, -0.25) is 5.32 Å². The summed E-state index contributed by atoms with van der Waals surface area (Å²) in [6.07, 6.45) is -0.563. The number of benzene rings is 2. The fourth-order valence-corrected chi connectivity index (χ4v) is 2.51. The molecule has 0 aliphatic carbocycles. The number of methoxy groups -OCH3 is 1. The highest BCUT2D eigenvalue weighted by molar-refractivity contribution is 6.42. The standard InChI is InChI=1S/C18H19Cl2N3O3/c1-18(2,11-4-9-14(19)15(20)10-11)23-16(24)21-12-5-7-13(8-6-12)22-17(25)26-3/h4-10H,1-3H3,(H,22,25)(H2,21,23,24). The van der Waals surface area contributed by atoms with Crippen molar-refractivity contribution in [2.24, 2.45) is 0 Å². The lowest BCUT2D eigenvalue weighted by Gasteiger charge is -2.27. The van der Waals surface area contributed by atoms with Gasteiger partial charge in [0.2, 0.25) is 0 Å². The van der Waals surface area contributed by atoms with Crippen LogP contribution in [0, 0.1) is 0 Å². The molecule has 0 radical (unpaired) electrons. The zero-order chi connectivity index (χ0) is 19.3. The molecule has 3 amide bonds. The van der Waals surface area contributed by atoms with Crippen molar-refractivity contribution in [3.8, 4) is 0 Å². The first-order valence-corrected chi connectivity index (χ1v) is 8.46. The van der Waals surface area contributed by atoms with E-state index in [0.29, 0.717) is 21.4 Å². The van der Waals surface area contributed by atoms with Gasteiger partial charge < -0.3 is 15.4 Å². The highest BCUT2D eigenvalue weighted by Gasteiger charge is 2.23. The molecule has 8 heteroatoms. The van der Waals surface area contributed by atoms with Gasteiger partial charge in [0, 0.05) is 11.4 Å². The Balaban J connectivity index is 2.00. The predicted octanol–water partition coefficient (Wildman–Crippen LogP) is 5.23. The van der Waals surface area contributed by atoms with Gasteiger partial charge in [0.1, 0.15) is 0 Å². The molecule has 0 bridgehead atoms. The van der Waals surface area contributed by atoms with Crippen LogP contribution >= 0.6 is 23.2 Å². The lowest BCUT2D eigenvalue weighted by molar-refractivity contribution is 0.187. The Kier molecular flexibility index (Phi) is 6.34. The smallest absolute Gasteiger partial charge is 0.411 e. The number of rotatable bonds is 4. The maximum atomic E-state index is 12.3. The van der Waals surface area contributed by atoms with Crippen molar-refractivity contribution in [1.29, 1.82) is 0 Å². The second-order valence-corrected chi connectivity index (χ2v) is 6.84. The van der Waals surface area contributed by atoms with E-state index in [1.165, 1.54) is 7.11 Å². The third kappa shape index (κ3) is 5.28. The largest absolute Gasteiger partial charge is 0.453 e. The first-order valence-electron chi connectivity index (χ1n) is 7.71. The summed E-state index contributed by atoms with van der Waals surface area (Å²) in [6, 6.07) is 11.5. The van der Waals surface area contributed by atoms with Gasteiger partial charge in [0.25, 0.3) is 0 Å². The van der Waals surface area contributed by atoms with Gasteiger partial charge in [-0.05, 0) is 55.8 Å². The molecule has 2 aromatic carbocycles. The average molecular weight is 396 g/mol. The monoisotopic (exact) mass is 395 g/mol. The summed E-state index contributed by atoms with van der Waals surface area (Å²) in [5, 5.41) is 9.03. The fraction of sp³-hybridized carbons (Fsp3) is 0.222. The molecular weight excluding hydrogens is 377 g/mol. The van der Waals surface area contributed by atoms with Gasteiger partial charge in [-0.25, -0.2) is 9.59 Å². The van der Waals surface area contributed by atoms with Gasteiger partial charge in [0.15, 0.2) is 0 Å². The maximum absolute atomic E-state index is 12.3. The Morgan fingerprint density at radius 1 is 0.923 bits per heavy atom. The number of urea groups is 1. The van der Waals surface area contributed by atoms with Crippen molar-refractivity contribution < 1.29 is 14.3 Å². The van der Waals surface area contributed by atoms with Crippen LogP contribution in [-0.4, -0.2) is 19.2 Å². The summed E-state index contributed by atoms with van der Waals surface area (Å²) in [4.78, 5) is 23.4. The normalized spacial score (nSPS) is 10.8. The van der Waals surface area contributed by atoms with Crippen LogP contribution in [0.5, 0.6) is 0 Å². The number of hydrogen-bond donors (Lipinski definition) is 3. The van der Waals surface area contributed by atoms with Crippen molar-refractivity contribution in [1.82, 2.24) is 5.32 Å². The van der Waals surface area contributed by atoms with E-state index in [4.69, 9.17) is 23.2 Å². The maximum Gasteiger partial charge on any atom is 0.411 e. The van der Waals surface area contributed by atoms with Crippen LogP contribution in [0.3, 0.4) is 0 Å². The topological polar surface area (TPSA) is 79.5 Å². The molecule has 26 heavy (non-hydrogen) atoms. The summed E-state index contributed by atoms with van der Waals surface area (Å²) in [6.45, 7) is 3.71.